The highest BCUT2D eigenvalue weighted by Gasteiger charge is 2.23. The Balaban J connectivity index is 1.56. The Morgan fingerprint density at radius 1 is 1.37 bits per heavy atom. The van der Waals surface area contributed by atoms with Crippen molar-refractivity contribution in [1.29, 1.82) is 0 Å². The molecular weight excluding hydrogens is 384 g/mol. The van der Waals surface area contributed by atoms with Gasteiger partial charge < -0.3 is 15.0 Å². The number of carbonyl (C=O) groups is 1. The summed E-state index contributed by atoms with van der Waals surface area (Å²) >= 11 is 7.77. The van der Waals surface area contributed by atoms with Crippen molar-refractivity contribution in [2.75, 3.05) is 30.9 Å². The van der Waals surface area contributed by atoms with Gasteiger partial charge in [0.15, 0.2) is 0 Å². The Morgan fingerprint density at radius 3 is 3.04 bits per heavy atom. The fraction of sp³-hybridized carbons (Fsp3) is 0.316. The molecule has 140 valence electrons. The highest BCUT2D eigenvalue weighted by Crippen LogP contribution is 2.39. The molecule has 2 heterocycles. The molecule has 1 aliphatic rings. The maximum atomic E-state index is 12.6. The number of hydrogen-bond donors (Lipinski definition) is 1. The molecule has 0 aliphatic heterocycles. The van der Waals surface area contributed by atoms with Crippen LogP contribution in [0.25, 0.3) is 10.2 Å². The maximum Gasteiger partial charge on any atom is 0.244 e. The predicted octanol–water partition coefficient (Wildman–Crippen LogP) is 3.92. The molecule has 0 bridgehead atoms. The number of carbonyl (C=O) groups excluding carboxylic acids is 1. The third kappa shape index (κ3) is 3.44. The molecule has 4 rings (SSSR count). The molecule has 1 aliphatic carbocycles. The summed E-state index contributed by atoms with van der Waals surface area (Å²) in [5, 5.41) is 4.49. The fourth-order valence-electron chi connectivity index (χ4n) is 3.46. The zero-order valence-corrected chi connectivity index (χ0v) is 16.7. The van der Waals surface area contributed by atoms with Gasteiger partial charge in [0.25, 0.3) is 0 Å². The highest BCUT2D eigenvalue weighted by molar-refractivity contribution is 7.19. The molecule has 0 atom stereocenters. The zero-order chi connectivity index (χ0) is 19.0. The molecule has 3 aromatic rings. The number of hydrogen-bond acceptors (Lipinski definition) is 6. The molecule has 1 aromatic carbocycles. The van der Waals surface area contributed by atoms with Crippen LogP contribution in [0, 0.1) is 0 Å². The number of ether oxygens (including phenoxy) is 1. The number of fused-ring (bicyclic) bond motifs is 3. The third-order valence-electron chi connectivity index (χ3n) is 4.66. The van der Waals surface area contributed by atoms with Gasteiger partial charge in [-0.3, -0.25) is 4.79 Å². The van der Waals surface area contributed by atoms with Crippen molar-refractivity contribution in [2.45, 2.75) is 19.3 Å². The number of nitrogens with one attached hydrogen (secondary N) is 1. The number of thiophene rings is 1. The molecule has 1 amide bonds. The standard InChI is InChI=1S/C19H19ClN4O2S/c1-24(9-16(25)23-13-8-11(20)6-7-14(13)26-2)18-17-12-4-3-5-15(12)27-19(17)22-10-21-18/h6-8,10H,3-5,9H2,1-2H3,(H,23,25). The minimum Gasteiger partial charge on any atom is -0.495 e. The van der Waals surface area contributed by atoms with Crippen molar-refractivity contribution in [1.82, 2.24) is 9.97 Å². The molecule has 0 spiro atoms. The number of aryl methyl sites for hydroxylation is 2. The Labute approximate surface area is 166 Å². The van der Waals surface area contributed by atoms with E-state index in [9.17, 15) is 4.79 Å². The first-order chi connectivity index (χ1) is 13.1. The van der Waals surface area contributed by atoms with Gasteiger partial charge in [-0.15, -0.1) is 11.3 Å². The van der Waals surface area contributed by atoms with E-state index in [1.807, 2.05) is 11.9 Å². The average molecular weight is 403 g/mol. The highest BCUT2D eigenvalue weighted by atomic mass is 35.5. The van der Waals surface area contributed by atoms with E-state index < -0.39 is 0 Å². The van der Waals surface area contributed by atoms with Crippen LogP contribution in [-0.4, -0.2) is 36.6 Å². The Morgan fingerprint density at radius 2 is 2.22 bits per heavy atom. The van der Waals surface area contributed by atoms with Crippen molar-refractivity contribution < 1.29 is 9.53 Å². The van der Waals surface area contributed by atoms with Crippen LogP contribution in [0.3, 0.4) is 0 Å². The largest absolute Gasteiger partial charge is 0.495 e. The first-order valence-corrected chi connectivity index (χ1v) is 9.86. The predicted molar refractivity (Wildman–Crippen MR) is 109 cm³/mol. The smallest absolute Gasteiger partial charge is 0.244 e. The SMILES string of the molecule is COc1ccc(Cl)cc1NC(=O)CN(C)c1ncnc2sc3c(c12)CCC3. The van der Waals surface area contributed by atoms with E-state index in [2.05, 4.69) is 15.3 Å². The molecule has 0 fully saturated rings. The molecule has 0 unspecified atom stereocenters. The van der Waals surface area contributed by atoms with E-state index in [-0.39, 0.29) is 12.5 Å². The van der Waals surface area contributed by atoms with Crippen molar-refractivity contribution in [3.05, 3.63) is 40.0 Å². The number of amides is 1. The van der Waals surface area contributed by atoms with Gasteiger partial charge in [-0.2, -0.15) is 0 Å². The number of likely N-dealkylation sites (N-methyl/N-ethyl adjacent to an activating group) is 1. The first-order valence-electron chi connectivity index (χ1n) is 8.66. The minimum absolute atomic E-state index is 0.159. The lowest BCUT2D eigenvalue weighted by Crippen LogP contribution is -2.31. The molecule has 0 radical (unpaired) electrons. The first kappa shape index (κ1) is 18.0. The summed E-state index contributed by atoms with van der Waals surface area (Å²) in [4.78, 5) is 25.7. The summed E-state index contributed by atoms with van der Waals surface area (Å²) in [5.41, 5.74) is 1.89. The second-order valence-corrected chi connectivity index (χ2v) is 8.00. The van der Waals surface area contributed by atoms with Crippen LogP contribution >= 0.6 is 22.9 Å². The monoisotopic (exact) mass is 402 g/mol. The van der Waals surface area contributed by atoms with Crippen molar-refractivity contribution >= 4 is 50.6 Å². The summed E-state index contributed by atoms with van der Waals surface area (Å²) in [6.45, 7) is 0.159. The topological polar surface area (TPSA) is 67.3 Å². The van der Waals surface area contributed by atoms with Gasteiger partial charge in [0.2, 0.25) is 5.91 Å². The molecule has 0 saturated carbocycles. The van der Waals surface area contributed by atoms with Crippen LogP contribution in [0.2, 0.25) is 5.02 Å². The number of nitrogens with zero attached hydrogens (tertiary/aromatic N) is 3. The van der Waals surface area contributed by atoms with Gasteiger partial charge in [0.1, 0.15) is 22.7 Å². The summed E-state index contributed by atoms with van der Waals surface area (Å²) in [6.07, 6.45) is 4.89. The van der Waals surface area contributed by atoms with Crippen LogP contribution in [0.1, 0.15) is 16.9 Å². The summed E-state index contributed by atoms with van der Waals surface area (Å²) in [7, 11) is 3.43. The number of methoxy groups -OCH3 is 1. The Bertz CT molecular complexity index is 1020. The van der Waals surface area contributed by atoms with Gasteiger partial charge in [-0.25, -0.2) is 9.97 Å². The normalized spacial score (nSPS) is 12.9. The summed E-state index contributed by atoms with van der Waals surface area (Å²) in [6, 6.07) is 5.12. The lowest BCUT2D eigenvalue weighted by Gasteiger charge is -2.19. The van der Waals surface area contributed by atoms with E-state index in [0.717, 1.165) is 28.9 Å². The lowest BCUT2D eigenvalue weighted by atomic mass is 10.2. The summed E-state index contributed by atoms with van der Waals surface area (Å²) < 4.78 is 5.28. The maximum absolute atomic E-state index is 12.6. The third-order valence-corrected chi connectivity index (χ3v) is 6.09. The van der Waals surface area contributed by atoms with Crippen LogP contribution in [0.5, 0.6) is 5.75 Å². The number of halogens is 1. The fourth-order valence-corrected chi connectivity index (χ4v) is 4.85. The van der Waals surface area contributed by atoms with Gasteiger partial charge in [-0.1, -0.05) is 11.6 Å². The molecule has 2 aromatic heterocycles. The van der Waals surface area contributed by atoms with E-state index >= 15 is 0 Å². The molecule has 0 saturated heterocycles. The van der Waals surface area contributed by atoms with Gasteiger partial charge >= 0.3 is 0 Å². The van der Waals surface area contributed by atoms with Crippen LogP contribution in [0.4, 0.5) is 11.5 Å². The van der Waals surface area contributed by atoms with Crippen molar-refractivity contribution in [3.63, 3.8) is 0 Å². The molecule has 27 heavy (non-hydrogen) atoms. The molecular formula is C19H19ClN4O2S. The van der Waals surface area contributed by atoms with Crippen LogP contribution < -0.4 is 15.0 Å². The van der Waals surface area contributed by atoms with Gasteiger partial charge in [0.05, 0.1) is 24.7 Å². The van der Waals surface area contributed by atoms with Crippen molar-refractivity contribution in [2.24, 2.45) is 0 Å². The Kier molecular flexibility index (Phi) is 4.88. The molecule has 1 N–H and O–H groups in total. The van der Waals surface area contributed by atoms with E-state index in [4.69, 9.17) is 16.3 Å². The minimum atomic E-state index is -0.170. The zero-order valence-electron chi connectivity index (χ0n) is 15.1. The van der Waals surface area contributed by atoms with E-state index in [1.165, 1.54) is 16.9 Å². The van der Waals surface area contributed by atoms with Crippen LogP contribution in [-0.2, 0) is 17.6 Å². The quantitative estimate of drug-likeness (QED) is 0.700. The molecule has 8 heteroatoms. The lowest BCUT2D eigenvalue weighted by molar-refractivity contribution is -0.114. The number of benzene rings is 1. The molecule has 6 nitrogen and oxygen atoms in total. The number of rotatable bonds is 5. The second-order valence-electron chi connectivity index (χ2n) is 6.48. The van der Waals surface area contributed by atoms with Crippen LogP contribution in [0.15, 0.2) is 24.5 Å². The number of aromatic nitrogens is 2. The van der Waals surface area contributed by atoms with Crippen molar-refractivity contribution in [3.8, 4) is 5.75 Å². The van der Waals surface area contributed by atoms with Gasteiger partial charge in [-0.05, 0) is 43.0 Å². The second kappa shape index (κ2) is 7.32. The Hall–Kier alpha value is -2.38. The number of anilines is 2. The van der Waals surface area contributed by atoms with Gasteiger partial charge in [0, 0.05) is 16.9 Å². The van der Waals surface area contributed by atoms with E-state index in [0.29, 0.717) is 16.5 Å². The average Bonchev–Trinajstić information content (AvgIpc) is 3.22. The summed E-state index contributed by atoms with van der Waals surface area (Å²) in [5.74, 6) is 1.19. The van der Waals surface area contributed by atoms with E-state index in [1.54, 1.807) is 43.0 Å².